The Hall–Kier alpha value is -1.56. The Bertz CT molecular complexity index is 578. The maximum Gasteiger partial charge on any atom is 0.191 e. The number of aliphatic imine (C=N–C) groups is 1. The highest BCUT2D eigenvalue weighted by Crippen LogP contribution is 2.23. The van der Waals surface area contributed by atoms with Crippen LogP contribution in [0, 0.1) is 0 Å². The van der Waals surface area contributed by atoms with E-state index in [4.69, 9.17) is 4.99 Å². The van der Waals surface area contributed by atoms with E-state index in [0.717, 1.165) is 57.0 Å². The molecular weight excluding hydrogens is 344 g/mol. The third-order valence-corrected chi connectivity index (χ3v) is 6.61. The number of nitrogens with zero attached hydrogens (tertiary/aromatic N) is 2. The van der Waals surface area contributed by atoms with Crippen LogP contribution in [0.1, 0.15) is 39.5 Å². The first-order chi connectivity index (χ1) is 12.6. The fraction of sp³-hybridized carbons (Fsp3) is 0.650. The van der Waals surface area contributed by atoms with Crippen molar-refractivity contribution in [3.63, 3.8) is 0 Å². The summed E-state index contributed by atoms with van der Waals surface area (Å²) in [5.74, 6) is 1.64. The first-order valence-corrected chi connectivity index (χ1v) is 11.2. The molecule has 146 valence electrons. The number of rotatable bonds is 8. The van der Waals surface area contributed by atoms with Gasteiger partial charge in [-0.25, -0.2) is 0 Å². The van der Waals surface area contributed by atoms with Crippen LogP contribution in [0.2, 0.25) is 0 Å². The molecule has 3 unspecified atom stereocenters. The number of hydrogen-bond donors (Lipinski definition) is 2. The molecule has 1 aromatic rings. The molecular formula is C20H34N4OS. The summed E-state index contributed by atoms with van der Waals surface area (Å²) in [6, 6.07) is 10.7. The third-order valence-electron chi connectivity index (χ3n) is 4.87. The molecule has 5 nitrogen and oxygen atoms in total. The maximum absolute atomic E-state index is 12.1. The van der Waals surface area contributed by atoms with Crippen LogP contribution in [-0.4, -0.2) is 53.9 Å². The lowest BCUT2D eigenvalue weighted by atomic mass is 9.95. The Morgan fingerprint density at radius 3 is 2.73 bits per heavy atom. The summed E-state index contributed by atoms with van der Waals surface area (Å²) >= 11 is 0. The summed E-state index contributed by atoms with van der Waals surface area (Å²) in [6.45, 7) is 6.55. The Balaban J connectivity index is 1.86. The number of benzene rings is 1. The zero-order chi connectivity index (χ0) is 18.8. The highest BCUT2D eigenvalue weighted by atomic mass is 32.2. The first-order valence-electron chi connectivity index (χ1n) is 9.82. The third kappa shape index (κ3) is 6.63. The largest absolute Gasteiger partial charge is 0.373 e. The monoisotopic (exact) mass is 378 g/mol. The fourth-order valence-electron chi connectivity index (χ4n) is 3.39. The minimum Gasteiger partial charge on any atom is -0.373 e. The summed E-state index contributed by atoms with van der Waals surface area (Å²) < 4.78 is 12.1. The average molecular weight is 379 g/mol. The molecule has 0 amide bonds. The molecule has 0 heterocycles. The number of para-hydroxylation sites is 1. The summed E-state index contributed by atoms with van der Waals surface area (Å²) in [7, 11) is 1.40. The van der Waals surface area contributed by atoms with Crippen LogP contribution >= 0.6 is 0 Å². The topological polar surface area (TPSA) is 56.7 Å². The molecule has 1 saturated carbocycles. The molecule has 1 aliphatic rings. The average Bonchev–Trinajstić information content (AvgIpc) is 2.68. The van der Waals surface area contributed by atoms with Crippen molar-refractivity contribution in [2.45, 2.75) is 50.8 Å². The van der Waals surface area contributed by atoms with Gasteiger partial charge in [0.2, 0.25) is 0 Å². The van der Waals surface area contributed by atoms with Crippen molar-refractivity contribution in [2.75, 3.05) is 37.3 Å². The van der Waals surface area contributed by atoms with Crippen LogP contribution in [0.4, 0.5) is 5.69 Å². The van der Waals surface area contributed by atoms with Gasteiger partial charge < -0.3 is 15.5 Å². The van der Waals surface area contributed by atoms with Crippen LogP contribution in [-0.2, 0) is 10.8 Å². The standard InChI is InChI=1S/C20H34N4OS/c1-4-21-20(22-14-15-24(3)18-11-7-6-8-12-18)23-17-10-9-13-19(16-17)26(25)5-2/h6-8,11-12,17,19H,4-5,9-10,13-16H2,1-3H3,(H2,21,22,23). The van der Waals surface area contributed by atoms with Gasteiger partial charge in [-0.1, -0.05) is 31.5 Å². The van der Waals surface area contributed by atoms with Crippen molar-refractivity contribution in [1.82, 2.24) is 10.6 Å². The van der Waals surface area contributed by atoms with Gasteiger partial charge >= 0.3 is 0 Å². The number of likely N-dealkylation sites (N-methyl/N-ethyl adjacent to an activating group) is 1. The van der Waals surface area contributed by atoms with Crippen LogP contribution in [0.15, 0.2) is 35.3 Å². The number of guanidine groups is 1. The minimum absolute atomic E-state index is 0.332. The SMILES string of the molecule is CCNC(=NCCN(C)c1ccccc1)NC1CCCC(S(=O)CC)C1. The Kier molecular flexibility index (Phi) is 8.95. The van der Waals surface area contributed by atoms with E-state index in [1.54, 1.807) is 0 Å². The van der Waals surface area contributed by atoms with Gasteiger partial charge in [-0.2, -0.15) is 0 Å². The Morgan fingerprint density at radius 1 is 1.27 bits per heavy atom. The van der Waals surface area contributed by atoms with E-state index < -0.39 is 10.8 Å². The highest BCUT2D eigenvalue weighted by Gasteiger charge is 2.25. The molecule has 26 heavy (non-hydrogen) atoms. The normalized spacial score (nSPS) is 21.9. The summed E-state index contributed by atoms with van der Waals surface area (Å²) in [6.07, 6.45) is 4.35. The van der Waals surface area contributed by atoms with Crippen LogP contribution in [0.25, 0.3) is 0 Å². The van der Waals surface area contributed by atoms with Gasteiger partial charge in [-0.05, 0) is 38.3 Å². The van der Waals surface area contributed by atoms with E-state index >= 15 is 0 Å². The molecule has 0 bridgehead atoms. The van der Waals surface area contributed by atoms with E-state index in [2.05, 4.69) is 53.8 Å². The lowest BCUT2D eigenvalue weighted by molar-refractivity contribution is 0.413. The molecule has 0 radical (unpaired) electrons. The number of nitrogens with one attached hydrogen (secondary N) is 2. The highest BCUT2D eigenvalue weighted by molar-refractivity contribution is 7.85. The van der Waals surface area contributed by atoms with Crippen molar-refractivity contribution in [3.05, 3.63) is 30.3 Å². The van der Waals surface area contributed by atoms with Crippen molar-refractivity contribution in [3.8, 4) is 0 Å². The second kappa shape index (κ2) is 11.2. The molecule has 0 aliphatic heterocycles. The minimum atomic E-state index is -0.692. The van der Waals surface area contributed by atoms with E-state index in [9.17, 15) is 4.21 Å². The first kappa shape index (κ1) is 20.7. The zero-order valence-corrected chi connectivity index (χ0v) is 17.2. The van der Waals surface area contributed by atoms with Crippen molar-refractivity contribution < 1.29 is 4.21 Å². The summed E-state index contributed by atoms with van der Waals surface area (Å²) in [5, 5.41) is 7.24. The molecule has 3 atom stereocenters. The summed E-state index contributed by atoms with van der Waals surface area (Å²) in [5.41, 5.74) is 1.21. The molecule has 2 rings (SSSR count). The van der Waals surface area contributed by atoms with Crippen molar-refractivity contribution >= 4 is 22.4 Å². The van der Waals surface area contributed by atoms with Crippen LogP contribution in [0.3, 0.4) is 0 Å². The van der Waals surface area contributed by atoms with Gasteiger partial charge in [0.25, 0.3) is 0 Å². The summed E-state index contributed by atoms with van der Waals surface area (Å²) in [4.78, 5) is 6.96. The van der Waals surface area contributed by atoms with Crippen molar-refractivity contribution in [1.29, 1.82) is 0 Å². The quantitative estimate of drug-likeness (QED) is 0.539. The van der Waals surface area contributed by atoms with Gasteiger partial charge in [-0.15, -0.1) is 0 Å². The van der Waals surface area contributed by atoms with Gasteiger partial charge in [-0.3, -0.25) is 9.20 Å². The Morgan fingerprint density at radius 2 is 2.04 bits per heavy atom. The predicted molar refractivity (Wildman–Crippen MR) is 114 cm³/mol. The lowest BCUT2D eigenvalue weighted by Crippen LogP contribution is -2.46. The molecule has 1 fully saturated rings. The molecule has 0 saturated heterocycles. The van der Waals surface area contributed by atoms with E-state index in [1.807, 2.05) is 13.0 Å². The molecule has 6 heteroatoms. The van der Waals surface area contributed by atoms with Gasteiger partial charge in [0.05, 0.1) is 6.54 Å². The van der Waals surface area contributed by atoms with Crippen LogP contribution < -0.4 is 15.5 Å². The number of hydrogen-bond acceptors (Lipinski definition) is 3. The predicted octanol–water partition coefficient (Wildman–Crippen LogP) is 2.76. The fourth-order valence-corrected chi connectivity index (χ4v) is 4.74. The smallest absolute Gasteiger partial charge is 0.191 e. The maximum atomic E-state index is 12.1. The molecule has 0 aromatic heterocycles. The second-order valence-corrected chi connectivity index (χ2v) is 8.82. The van der Waals surface area contributed by atoms with Gasteiger partial charge in [0.15, 0.2) is 5.96 Å². The van der Waals surface area contributed by atoms with Gasteiger partial charge in [0.1, 0.15) is 0 Å². The zero-order valence-electron chi connectivity index (χ0n) is 16.4. The second-order valence-electron chi connectivity index (χ2n) is 6.82. The molecule has 1 aromatic carbocycles. The molecule has 0 spiro atoms. The molecule has 1 aliphatic carbocycles. The van der Waals surface area contributed by atoms with E-state index in [0.29, 0.717) is 11.3 Å². The van der Waals surface area contributed by atoms with E-state index in [1.165, 1.54) is 5.69 Å². The lowest BCUT2D eigenvalue weighted by Gasteiger charge is -2.30. The van der Waals surface area contributed by atoms with E-state index in [-0.39, 0.29) is 0 Å². The Labute approximate surface area is 161 Å². The van der Waals surface area contributed by atoms with Crippen LogP contribution in [0.5, 0.6) is 0 Å². The number of anilines is 1. The molecule has 2 N–H and O–H groups in total. The van der Waals surface area contributed by atoms with Gasteiger partial charge in [0, 0.05) is 53.7 Å². The van der Waals surface area contributed by atoms with Crippen molar-refractivity contribution in [2.24, 2.45) is 4.99 Å².